The highest BCUT2D eigenvalue weighted by atomic mass is 16.5. The van der Waals surface area contributed by atoms with Crippen LogP contribution in [0.3, 0.4) is 0 Å². The molecule has 6 heteroatoms. The van der Waals surface area contributed by atoms with Crippen molar-refractivity contribution in [1.29, 1.82) is 0 Å². The number of rotatable bonds is 6. The first kappa shape index (κ1) is 14.3. The maximum Gasteiger partial charge on any atom is 0.335 e. The van der Waals surface area contributed by atoms with E-state index in [1.54, 1.807) is 25.1 Å². The average molecular weight is 279 g/mol. The van der Waals surface area contributed by atoms with Crippen molar-refractivity contribution in [3.8, 4) is 11.5 Å². The summed E-state index contributed by atoms with van der Waals surface area (Å²) in [5, 5.41) is 2.80. The molecule has 1 aliphatic rings. The smallest absolute Gasteiger partial charge is 0.335 e. The first-order valence-corrected chi connectivity index (χ1v) is 6.27. The van der Waals surface area contributed by atoms with Crippen LogP contribution in [0.5, 0.6) is 11.5 Å². The minimum atomic E-state index is -1.26. The molecule has 1 fully saturated rings. The van der Waals surface area contributed by atoms with E-state index in [0.29, 0.717) is 17.1 Å². The van der Waals surface area contributed by atoms with Crippen LogP contribution in [0.2, 0.25) is 0 Å². The van der Waals surface area contributed by atoms with Crippen LogP contribution in [-0.2, 0) is 9.53 Å². The van der Waals surface area contributed by atoms with Gasteiger partial charge in [0.2, 0.25) is 0 Å². The van der Waals surface area contributed by atoms with Gasteiger partial charge in [-0.25, -0.2) is 4.79 Å². The fourth-order valence-corrected chi connectivity index (χ4v) is 1.93. The van der Waals surface area contributed by atoms with Gasteiger partial charge in [0.1, 0.15) is 11.5 Å². The number of methoxy groups -OCH3 is 2. The molecule has 1 aromatic rings. The number of hydrogen-bond donors (Lipinski definition) is 1. The van der Waals surface area contributed by atoms with E-state index in [1.807, 2.05) is 0 Å². The van der Waals surface area contributed by atoms with Crippen molar-refractivity contribution in [1.82, 2.24) is 5.32 Å². The maximum absolute atomic E-state index is 12.5. The molecule has 0 saturated carbocycles. The zero-order chi connectivity index (χ0) is 14.8. The molecule has 1 saturated heterocycles. The fourth-order valence-electron chi connectivity index (χ4n) is 1.93. The van der Waals surface area contributed by atoms with Crippen molar-refractivity contribution in [3.05, 3.63) is 23.8 Å². The van der Waals surface area contributed by atoms with Gasteiger partial charge in [-0.15, -0.1) is 0 Å². The second-order valence-electron chi connectivity index (χ2n) is 4.41. The standard InChI is InChI=1S/C14H17NO5/c1-4-20-13(17)14(8-15-14)12(16)9-5-10(18-2)7-11(6-9)19-3/h5-7,15H,4,8H2,1-3H3/t14-/m0/s1. The predicted molar refractivity (Wildman–Crippen MR) is 71.2 cm³/mol. The number of Topliss-reactive ketones (excluding diaryl/α,β-unsaturated/α-hetero) is 1. The molecule has 0 radical (unpaired) electrons. The number of ether oxygens (including phenoxy) is 3. The molecule has 2 rings (SSSR count). The summed E-state index contributed by atoms with van der Waals surface area (Å²) in [6.45, 7) is 2.22. The van der Waals surface area contributed by atoms with Gasteiger partial charge in [-0.3, -0.25) is 10.1 Å². The summed E-state index contributed by atoms with van der Waals surface area (Å²) in [5.41, 5.74) is -0.910. The van der Waals surface area contributed by atoms with Gasteiger partial charge in [0.05, 0.1) is 20.8 Å². The van der Waals surface area contributed by atoms with Crippen LogP contribution in [0.15, 0.2) is 18.2 Å². The van der Waals surface area contributed by atoms with Gasteiger partial charge in [-0.05, 0) is 19.1 Å². The van der Waals surface area contributed by atoms with E-state index in [9.17, 15) is 9.59 Å². The summed E-state index contributed by atoms with van der Waals surface area (Å²) >= 11 is 0. The summed E-state index contributed by atoms with van der Waals surface area (Å²) in [5.74, 6) is 0.0969. The Morgan fingerprint density at radius 2 is 1.75 bits per heavy atom. The van der Waals surface area contributed by atoms with E-state index in [4.69, 9.17) is 14.2 Å². The molecule has 1 N–H and O–H groups in total. The molecule has 1 aliphatic heterocycles. The third-order valence-electron chi connectivity index (χ3n) is 3.16. The Labute approximate surface area is 117 Å². The number of ketones is 1. The topological polar surface area (TPSA) is 83.8 Å². The molecule has 0 amide bonds. The Balaban J connectivity index is 2.31. The quantitative estimate of drug-likeness (QED) is 0.359. The normalized spacial score (nSPS) is 20.1. The minimum Gasteiger partial charge on any atom is -0.497 e. The highest BCUT2D eigenvalue weighted by molar-refractivity contribution is 6.19. The maximum atomic E-state index is 12.5. The second-order valence-corrected chi connectivity index (χ2v) is 4.41. The van der Waals surface area contributed by atoms with Crippen molar-refractivity contribution < 1.29 is 23.8 Å². The number of esters is 1. The largest absolute Gasteiger partial charge is 0.497 e. The van der Waals surface area contributed by atoms with E-state index in [-0.39, 0.29) is 18.9 Å². The zero-order valence-electron chi connectivity index (χ0n) is 11.7. The minimum absolute atomic E-state index is 0.233. The number of hydrogen-bond acceptors (Lipinski definition) is 6. The lowest BCUT2D eigenvalue weighted by Crippen LogP contribution is -2.39. The molecule has 0 unspecified atom stereocenters. The van der Waals surface area contributed by atoms with Crippen molar-refractivity contribution in [2.24, 2.45) is 0 Å². The lowest BCUT2D eigenvalue weighted by Gasteiger charge is -2.13. The van der Waals surface area contributed by atoms with E-state index >= 15 is 0 Å². The molecule has 1 aromatic carbocycles. The molecular weight excluding hydrogens is 262 g/mol. The Morgan fingerprint density at radius 1 is 1.20 bits per heavy atom. The van der Waals surface area contributed by atoms with Crippen LogP contribution < -0.4 is 14.8 Å². The lowest BCUT2D eigenvalue weighted by molar-refractivity contribution is -0.144. The number of carbonyl (C=O) groups is 2. The SMILES string of the molecule is CCOC(=O)[C@@]1(C(=O)c2cc(OC)cc(OC)c2)CN1. The van der Waals surface area contributed by atoms with Crippen LogP contribution in [-0.4, -0.2) is 44.7 Å². The summed E-state index contributed by atoms with van der Waals surface area (Å²) in [7, 11) is 3.00. The number of nitrogens with one attached hydrogen (secondary N) is 1. The van der Waals surface area contributed by atoms with Crippen LogP contribution >= 0.6 is 0 Å². The molecule has 0 aromatic heterocycles. The summed E-state index contributed by atoms with van der Waals surface area (Å²) < 4.78 is 15.2. The molecule has 0 aliphatic carbocycles. The van der Waals surface area contributed by atoms with Gasteiger partial charge in [-0.2, -0.15) is 0 Å². The fraction of sp³-hybridized carbons (Fsp3) is 0.429. The zero-order valence-corrected chi connectivity index (χ0v) is 11.7. The van der Waals surface area contributed by atoms with Crippen molar-refractivity contribution in [2.45, 2.75) is 12.5 Å². The first-order chi connectivity index (χ1) is 9.57. The highest BCUT2D eigenvalue weighted by Crippen LogP contribution is 2.29. The summed E-state index contributed by atoms with van der Waals surface area (Å²) in [4.78, 5) is 24.4. The molecule has 0 bridgehead atoms. The molecular formula is C14H17NO5. The Bertz CT molecular complexity index is 514. The van der Waals surface area contributed by atoms with Gasteiger partial charge in [0, 0.05) is 18.2 Å². The molecule has 20 heavy (non-hydrogen) atoms. The van der Waals surface area contributed by atoms with Crippen LogP contribution in [0.4, 0.5) is 0 Å². The van der Waals surface area contributed by atoms with Gasteiger partial charge >= 0.3 is 5.97 Å². The van der Waals surface area contributed by atoms with Gasteiger partial charge in [0.25, 0.3) is 0 Å². The van der Waals surface area contributed by atoms with Crippen LogP contribution in [0.1, 0.15) is 17.3 Å². The second kappa shape index (κ2) is 5.50. The van der Waals surface area contributed by atoms with Crippen molar-refractivity contribution >= 4 is 11.8 Å². The molecule has 1 heterocycles. The Hall–Kier alpha value is -2.08. The molecule has 0 spiro atoms. The monoisotopic (exact) mass is 279 g/mol. The molecule has 108 valence electrons. The lowest BCUT2D eigenvalue weighted by atomic mass is 9.97. The van der Waals surface area contributed by atoms with Crippen molar-refractivity contribution in [2.75, 3.05) is 27.4 Å². The average Bonchev–Trinajstić information content (AvgIpc) is 3.27. The van der Waals surface area contributed by atoms with E-state index in [0.717, 1.165) is 0 Å². The van der Waals surface area contributed by atoms with E-state index < -0.39 is 11.5 Å². The van der Waals surface area contributed by atoms with Crippen LogP contribution in [0, 0.1) is 0 Å². The van der Waals surface area contributed by atoms with Crippen LogP contribution in [0.25, 0.3) is 0 Å². The third kappa shape index (κ3) is 2.46. The van der Waals surface area contributed by atoms with Gasteiger partial charge in [-0.1, -0.05) is 0 Å². The van der Waals surface area contributed by atoms with E-state index in [1.165, 1.54) is 14.2 Å². The predicted octanol–water partition coefficient (Wildman–Crippen LogP) is 0.792. The number of carbonyl (C=O) groups excluding carboxylic acids is 2. The molecule has 1 atom stereocenters. The Kier molecular flexibility index (Phi) is 3.94. The molecule has 6 nitrogen and oxygen atoms in total. The summed E-state index contributed by atoms with van der Waals surface area (Å²) in [6, 6.07) is 4.81. The van der Waals surface area contributed by atoms with Gasteiger partial charge < -0.3 is 14.2 Å². The third-order valence-corrected chi connectivity index (χ3v) is 3.16. The number of benzene rings is 1. The van der Waals surface area contributed by atoms with Crippen molar-refractivity contribution in [3.63, 3.8) is 0 Å². The highest BCUT2D eigenvalue weighted by Gasteiger charge is 2.58. The van der Waals surface area contributed by atoms with Gasteiger partial charge in [0.15, 0.2) is 11.3 Å². The summed E-state index contributed by atoms with van der Waals surface area (Å²) in [6.07, 6.45) is 0. The van der Waals surface area contributed by atoms with E-state index in [2.05, 4.69) is 5.32 Å². The Morgan fingerprint density at radius 3 is 2.15 bits per heavy atom. The first-order valence-electron chi connectivity index (χ1n) is 6.27.